The Hall–Kier alpha value is -2.70. The summed E-state index contributed by atoms with van der Waals surface area (Å²) in [5, 5.41) is 7.07. The lowest BCUT2D eigenvalue weighted by atomic mass is 10.2. The highest BCUT2D eigenvalue weighted by atomic mass is 19.1. The molecule has 0 bridgehead atoms. The van der Waals surface area contributed by atoms with Crippen molar-refractivity contribution < 1.29 is 18.7 Å². The molecule has 1 heterocycles. The fourth-order valence-corrected chi connectivity index (χ4v) is 2.97. The van der Waals surface area contributed by atoms with E-state index in [0.717, 1.165) is 30.5 Å². The number of hydrogen-bond acceptors (Lipinski definition) is 4. The number of nitrogens with zero attached hydrogens (tertiary/aromatic N) is 2. The molecule has 1 aliphatic rings. The van der Waals surface area contributed by atoms with Crippen LogP contribution in [-0.4, -0.2) is 34.8 Å². The van der Waals surface area contributed by atoms with Crippen LogP contribution in [0.15, 0.2) is 24.3 Å². The molecule has 0 fully saturated rings. The number of carbonyl (C=O) groups excluding carboxylic acids is 2. The average molecular weight is 359 g/mol. The lowest BCUT2D eigenvalue weighted by Gasteiger charge is -2.08. The van der Waals surface area contributed by atoms with Gasteiger partial charge in [0.1, 0.15) is 5.82 Å². The van der Waals surface area contributed by atoms with Crippen LogP contribution in [-0.2, 0) is 22.4 Å². The highest BCUT2D eigenvalue weighted by molar-refractivity contribution is 5.91. The van der Waals surface area contributed by atoms with Crippen LogP contribution in [0.5, 0.6) is 0 Å². The third kappa shape index (κ3) is 3.92. The molecule has 1 aromatic heterocycles. The first-order valence-electron chi connectivity index (χ1n) is 8.76. The molecule has 26 heavy (non-hydrogen) atoms. The summed E-state index contributed by atoms with van der Waals surface area (Å²) in [4.78, 5) is 24.1. The van der Waals surface area contributed by atoms with E-state index in [1.807, 2.05) is 13.8 Å². The van der Waals surface area contributed by atoms with Crippen molar-refractivity contribution in [3.05, 3.63) is 47.0 Å². The van der Waals surface area contributed by atoms with Crippen molar-refractivity contribution in [2.75, 3.05) is 13.2 Å². The van der Waals surface area contributed by atoms with Crippen molar-refractivity contribution in [1.82, 2.24) is 15.1 Å². The van der Waals surface area contributed by atoms with Gasteiger partial charge in [0.25, 0.3) is 5.91 Å². The van der Waals surface area contributed by atoms with Gasteiger partial charge in [-0.15, -0.1) is 0 Å². The molecular weight excluding hydrogens is 337 g/mol. The molecule has 7 heteroatoms. The summed E-state index contributed by atoms with van der Waals surface area (Å²) in [6, 6.07) is 5.95. The SMILES string of the molecule is CC(C)CNC(=O)COC(=O)c1nn(-c2ccc(F)cc2)c2c1CCC2. The molecule has 1 N–H and O–H groups in total. The van der Waals surface area contributed by atoms with E-state index in [1.165, 1.54) is 12.1 Å². The minimum absolute atomic E-state index is 0.235. The van der Waals surface area contributed by atoms with Crippen LogP contribution in [0.25, 0.3) is 5.69 Å². The Morgan fingerprint density at radius 3 is 2.69 bits per heavy atom. The van der Waals surface area contributed by atoms with Gasteiger partial charge in [-0.3, -0.25) is 4.79 Å². The molecule has 1 amide bonds. The number of rotatable bonds is 6. The van der Waals surface area contributed by atoms with E-state index in [0.29, 0.717) is 18.2 Å². The molecule has 1 aliphatic carbocycles. The van der Waals surface area contributed by atoms with Gasteiger partial charge in [-0.05, 0) is 49.4 Å². The van der Waals surface area contributed by atoms with Gasteiger partial charge < -0.3 is 10.1 Å². The Balaban J connectivity index is 1.74. The second kappa shape index (κ2) is 7.68. The predicted octanol–water partition coefficient (Wildman–Crippen LogP) is 2.43. The second-order valence-corrected chi connectivity index (χ2v) is 6.79. The van der Waals surface area contributed by atoms with Crippen LogP contribution in [0, 0.1) is 11.7 Å². The van der Waals surface area contributed by atoms with Gasteiger partial charge >= 0.3 is 5.97 Å². The van der Waals surface area contributed by atoms with Gasteiger partial charge in [0.15, 0.2) is 12.3 Å². The predicted molar refractivity (Wildman–Crippen MR) is 93.7 cm³/mol. The first-order valence-corrected chi connectivity index (χ1v) is 8.76. The molecule has 0 atom stereocenters. The maximum atomic E-state index is 13.2. The van der Waals surface area contributed by atoms with Crippen LogP contribution in [0.3, 0.4) is 0 Å². The van der Waals surface area contributed by atoms with Crippen LogP contribution in [0.4, 0.5) is 4.39 Å². The third-order valence-corrected chi connectivity index (χ3v) is 4.24. The van der Waals surface area contributed by atoms with Crippen molar-refractivity contribution >= 4 is 11.9 Å². The van der Waals surface area contributed by atoms with Crippen molar-refractivity contribution in [3.63, 3.8) is 0 Å². The van der Waals surface area contributed by atoms with Gasteiger partial charge in [-0.1, -0.05) is 13.8 Å². The number of benzene rings is 1. The number of carbonyl (C=O) groups is 2. The third-order valence-electron chi connectivity index (χ3n) is 4.24. The Kier molecular flexibility index (Phi) is 5.35. The number of fused-ring (bicyclic) bond motifs is 1. The molecule has 0 unspecified atom stereocenters. The zero-order chi connectivity index (χ0) is 18.7. The van der Waals surface area contributed by atoms with Gasteiger partial charge in [-0.25, -0.2) is 13.9 Å². The largest absolute Gasteiger partial charge is 0.451 e. The van der Waals surface area contributed by atoms with E-state index in [-0.39, 0.29) is 24.0 Å². The molecule has 0 spiro atoms. The Morgan fingerprint density at radius 1 is 1.27 bits per heavy atom. The summed E-state index contributed by atoms with van der Waals surface area (Å²) in [5.74, 6) is -0.945. The Morgan fingerprint density at radius 2 is 2.00 bits per heavy atom. The summed E-state index contributed by atoms with van der Waals surface area (Å²) in [6.45, 7) is 4.17. The Bertz CT molecular complexity index is 812. The number of halogens is 1. The fourth-order valence-electron chi connectivity index (χ4n) is 2.97. The van der Waals surface area contributed by atoms with Crippen LogP contribution >= 0.6 is 0 Å². The van der Waals surface area contributed by atoms with Crippen molar-refractivity contribution in [2.24, 2.45) is 5.92 Å². The minimum atomic E-state index is -0.608. The van der Waals surface area contributed by atoms with Crippen molar-refractivity contribution in [3.8, 4) is 5.69 Å². The van der Waals surface area contributed by atoms with E-state index in [4.69, 9.17) is 4.74 Å². The van der Waals surface area contributed by atoms with Crippen LogP contribution < -0.4 is 5.32 Å². The Labute approximate surface area is 151 Å². The van der Waals surface area contributed by atoms with E-state index in [2.05, 4.69) is 10.4 Å². The molecule has 3 rings (SSSR count). The lowest BCUT2D eigenvalue weighted by molar-refractivity contribution is -0.124. The van der Waals surface area contributed by atoms with Crippen molar-refractivity contribution in [1.29, 1.82) is 0 Å². The normalized spacial score (nSPS) is 12.9. The summed E-state index contributed by atoms with van der Waals surface area (Å²) in [7, 11) is 0. The second-order valence-electron chi connectivity index (χ2n) is 6.79. The topological polar surface area (TPSA) is 73.2 Å². The summed E-state index contributed by atoms with van der Waals surface area (Å²) >= 11 is 0. The lowest BCUT2D eigenvalue weighted by Crippen LogP contribution is -2.31. The van der Waals surface area contributed by atoms with E-state index in [9.17, 15) is 14.0 Å². The first kappa shape index (κ1) is 18.1. The standard InChI is InChI=1S/C19H22FN3O3/c1-12(2)10-21-17(24)11-26-19(25)18-15-4-3-5-16(15)23(22-18)14-8-6-13(20)7-9-14/h6-9,12H,3-5,10-11H2,1-2H3,(H,21,24). The smallest absolute Gasteiger partial charge is 0.359 e. The van der Waals surface area contributed by atoms with E-state index >= 15 is 0 Å². The van der Waals surface area contributed by atoms with Crippen LogP contribution in [0.1, 0.15) is 42.0 Å². The van der Waals surface area contributed by atoms with Gasteiger partial charge in [0.2, 0.25) is 0 Å². The van der Waals surface area contributed by atoms with Crippen LogP contribution in [0.2, 0.25) is 0 Å². The molecule has 0 saturated heterocycles. The summed E-state index contributed by atoms with van der Waals surface area (Å²) in [5.41, 5.74) is 2.71. The van der Waals surface area contributed by atoms with E-state index < -0.39 is 5.97 Å². The molecule has 1 aromatic carbocycles. The zero-order valence-corrected chi connectivity index (χ0v) is 14.9. The number of esters is 1. The number of ether oxygens (including phenoxy) is 1. The molecule has 0 aliphatic heterocycles. The highest BCUT2D eigenvalue weighted by Gasteiger charge is 2.28. The monoisotopic (exact) mass is 359 g/mol. The molecule has 0 saturated carbocycles. The molecule has 2 aromatic rings. The van der Waals surface area contributed by atoms with Crippen molar-refractivity contribution in [2.45, 2.75) is 33.1 Å². The molecule has 6 nitrogen and oxygen atoms in total. The highest BCUT2D eigenvalue weighted by Crippen LogP contribution is 2.28. The first-order chi connectivity index (χ1) is 12.5. The number of hydrogen-bond donors (Lipinski definition) is 1. The quantitative estimate of drug-likeness (QED) is 0.804. The maximum Gasteiger partial charge on any atom is 0.359 e. The minimum Gasteiger partial charge on any atom is -0.451 e. The summed E-state index contributed by atoms with van der Waals surface area (Å²) in [6.07, 6.45) is 2.45. The number of amides is 1. The fraction of sp³-hybridized carbons (Fsp3) is 0.421. The molecule has 0 radical (unpaired) electrons. The average Bonchev–Trinajstić information content (AvgIpc) is 3.21. The maximum absolute atomic E-state index is 13.2. The molecule has 138 valence electrons. The van der Waals surface area contributed by atoms with Gasteiger partial charge in [0.05, 0.1) is 5.69 Å². The number of aromatic nitrogens is 2. The zero-order valence-electron chi connectivity index (χ0n) is 14.9. The summed E-state index contributed by atoms with van der Waals surface area (Å²) < 4.78 is 19.9. The van der Waals surface area contributed by atoms with Gasteiger partial charge in [-0.2, -0.15) is 5.10 Å². The number of nitrogens with one attached hydrogen (secondary N) is 1. The molecular formula is C19H22FN3O3. The van der Waals surface area contributed by atoms with E-state index in [1.54, 1.807) is 16.8 Å². The van der Waals surface area contributed by atoms with Gasteiger partial charge in [0, 0.05) is 17.8 Å².